The molecule has 2 rings (SSSR count). The van der Waals surface area contributed by atoms with Crippen LogP contribution in [0.3, 0.4) is 0 Å². The molecule has 0 bridgehead atoms. The Hall–Kier alpha value is -4.08. The number of amides is 2. The quantitative estimate of drug-likeness (QED) is 0.200. The normalized spacial score (nSPS) is 11.6. The third-order valence-corrected chi connectivity index (χ3v) is 5.58. The van der Waals surface area contributed by atoms with Crippen molar-refractivity contribution >= 4 is 23.9 Å². The molecule has 0 aromatic heterocycles. The van der Waals surface area contributed by atoms with Crippen molar-refractivity contribution in [3.05, 3.63) is 65.2 Å². The Kier molecular flexibility index (Phi) is 13.0. The third kappa shape index (κ3) is 11.8. The smallest absolute Gasteiger partial charge is 0.408 e. The van der Waals surface area contributed by atoms with E-state index in [4.69, 9.17) is 14.2 Å². The maximum atomic E-state index is 13.1. The zero-order valence-electron chi connectivity index (χ0n) is 23.9. The fraction of sp³-hybridized carbons (Fsp3) is 0.467. The fourth-order valence-corrected chi connectivity index (χ4v) is 3.59. The Bertz CT molecular complexity index is 1130. The first-order valence-corrected chi connectivity index (χ1v) is 13.3. The highest BCUT2D eigenvalue weighted by Crippen LogP contribution is 2.23. The molecule has 0 aliphatic heterocycles. The van der Waals surface area contributed by atoms with E-state index in [0.29, 0.717) is 12.1 Å². The van der Waals surface area contributed by atoms with Gasteiger partial charge in [0.25, 0.3) is 0 Å². The monoisotopic (exact) mass is 556 g/mol. The Morgan fingerprint density at radius 1 is 0.950 bits per heavy atom. The van der Waals surface area contributed by atoms with Crippen LogP contribution < -0.4 is 15.4 Å². The van der Waals surface area contributed by atoms with E-state index in [1.165, 1.54) is 19.2 Å². The van der Waals surface area contributed by atoms with Crippen LogP contribution in [0, 0.1) is 0 Å². The van der Waals surface area contributed by atoms with Crippen molar-refractivity contribution in [2.24, 2.45) is 0 Å². The molecular formula is C30H40N2O8. The van der Waals surface area contributed by atoms with Gasteiger partial charge in [0.1, 0.15) is 29.6 Å². The second-order valence-corrected chi connectivity index (χ2v) is 10.2. The molecule has 40 heavy (non-hydrogen) atoms. The molecule has 2 aromatic rings. The molecule has 2 aromatic carbocycles. The SMILES string of the molecule is CCCCCNC(=O)[C@H](Cc1ccc(OCC(=O)OC)c(C(=O)OCc2ccccc2)c1)NC(=O)OC(C)(C)C. The molecule has 0 unspecified atom stereocenters. The van der Waals surface area contributed by atoms with Crippen LogP contribution in [0.25, 0.3) is 0 Å². The second kappa shape index (κ2) is 16.1. The first-order valence-electron chi connectivity index (χ1n) is 13.3. The number of hydrogen-bond acceptors (Lipinski definition) is 8. The van der Waals surface area contributed by atoms with Crippen molar-refractivity contribution < 1.29 is 38.1 Å². The van der Waals surface area contributed by atoms with Gasteiger partial charge in [-0.05, 0) is 50.5 Å². The molecule has 10 nitrogen and oxygen atoms in total. The molecule has 10 heteroatoms. The molecule has 0 aliphatic carbocycles. The first-order chi connectivity index (χ1) is 19.0. The molecule has 0 saturated carbocycles. The maximum absolute atomic E-state index is 13.1. The van der Waals surface area contributed by atoms with E-state index < -0.39 is 36.3 Å². The van der Waals surface area contributed by atoms with Gasteiger partial charge in [-0.25, -0.2) is 14.4 Å². The molecule has 0 aliphatic rings. The van der Waals surface area contributed by atoms with E-state index in [2.05, 4.69) is 22.3 Å². The predicted octanol–water partition coefficient (Wildman–Crippen LogP) is 4.34. The number of hydrogen-bond donors (Lipinski definition) is 2. The molecule has 2 N–H and O–H groups in total. The molecule has 218 valence electrons. The van der Waals surface area contributed by atoms with Crippen LogP contribution in [0.5, 0.6) is 5.75 Å². The van der Waals surface area contributed by atoms with Gasteiger partial charge in [0.15, 0.2) is 6.61 Å². The van der Waals surface area contributed by atoms with E-state index >= 15 is 0 Å². The highest BCUT2D eigenvalue weighted by molar-refractivity contribution is 5.93. The number of methoxy groups -OCH3 is 1. The Morgan fingerprint density at radius 2 is 1.68 bits per heavy atom. The molecule has 0 radical (unpaired) electrons. The standard InChI is InChI=1S/C30H40N2O8/c1-6-7-11-16-31-27(34)24(32-29(36)40-30(2,3)4)18-22-14-15-25(38-20-26(33)37-5)23(17-22)28(35)39-19-21-12-9-8-10-13-21/h8-10,12-15,17,24H,6-7,11,16,18-20H2,1-5H3,(H,31,34)(H,32,36)/t24-/m0/s1. The minimum Gasteiger partial charge on any atom is -0.481 e. The van der Waals surface area contributed by atoms with Gasteiger partial charge in [0, 0.05) is 13.0 Å². The summed E-state index contributed by atoms with van der Waals surface area (Å²) >= 11 is 0. The molecule has 0 spiro atoms. The lowest BCUT2D eigenvalue weighted by molar-refractivity contribution is -0.143. The van der Waals surface area contributed by atoms with Crippen LogP contribution in [-0.2, 0) is 36.8 Å². The summed E-state index contributed by atoms with van der Waals surface area (Å²) in [6.45, 7) is 7.35. The second-order valence-electron chi connectivity index (χ2n) is 10.2. The van der Waals surface area contributed by atoms with Crippen molar-refractivity contribution in [1.29, 1.82) is 0 Å². The topological polar surface area (TPSA) is 129 Å². The highest BCUT2D eigenvalue weighted by atomic mass is 16.6. The van der Waals surface area contributed by atoms with E-state index in [9.17, 15) is 19.2 Å². The number of benzene rings is 2. The van der Waals surface area contributed by atoms with Crippen LogP contribution in [0.15, 0.2) is 48.5 Å². The van der Waals surface area contributed by atoms with Gasteiger partial charge < -0.3 is 29.6 Å². The molecular weight excluding hydrogens is 516 g/mol. The van der Waals surface area contributed by atoms with Crippen molar-refractivity contribution in [2.45, 2.75) is 71.6 Å². The minimum absolute atomic E-state index is 0.0311. The fourth-order valence-electron chi connectivity index (χ4n) is 3.59. The van der Waals surface area contributed by atoms with Gasteiger partial charge in [0.05, 0.1) is 7.11 Å². The molecule has 0 heterocycles. The summed E-state index contributed by atoms with van der Waals surface area (Å²) < 4.78 is 21.0. The lowest BCUT2D eigenvalue weighted by atomic mass is 10.0. The van der Waals surface area contributed by atoms with Gasteiger partial charge in [0.2, 0.25) is 5.91 Å². The van der Waals surface area contributed by atoms with E-state index in [0.717, 1.165) is 24.8 Å². The van der Waals surface area contributed by atoms with Gasteiger partial charge in [-0.1, -0.05) is 56.2 Å². The summed E-state index contributed by atoms with van der Waals surface area (Å²) in [6, 6.07) is 12.9. The summed E-state index contributed by atoms with van der Waals surface area (Å²) in [5.74, 6) is -1.55. The minimum atomic E-state index is -0.966. The summed E-state index contributed by atoms with van der Waals surface area (Å²) in [4.78, 5) is 50.2. The summed E-state index contributed by atoms with van der Waals surface area (Å²) in [6.07, 6.45) is 2.11. The number of carbonyl (C=O) groups excluding carboxylic acids is 4. The average Bonchev–Trinajstić information content (AvgIpc) is 2.92. The Balaban J connectivity index is 2.28. The molecule has 0 fully saturated rings. The predicted molar refractivity (Wildman–Crippen MR) is 149 cm³/mol. The number of unbranched alkanes of at least 4 members (excludes halogenated alkanes) is 2. The van der Waals surface area contributed by atoms with Crippen LogP contribution in [0.2, 0.25) is 0 Å². The number of esters is 2. The van der Waals surface area contributed by atoms with E-state index in [-0.39, 0.29) is 30.2 Å². The van der Waals surface area contributed by atoms with Gasteiger partial charge in [-0.3, -0.25) is 4.79 Å². The van der Waals surface area contributed by atoms with Crippen molar-refractivity contribution in [1.82, 2.24) is 10.6 Å². The van der Waals surface area contributed by atoms with Crippen LogP contribution in [-0.4, -0.2) is 55.8 Å². The number of nitrogens with one attached hydrogen (secondary N) is 2. The number of carbonyl (C=O) groups is 4. The molecule has 1 atom stereocenters. The van der Waals surface area contributed by atoms with Crippen molar-refractivity contribution in [3.63, 3.8) is 0 Å². The van der Waals surface area contributed by atoms with Crippen LogP contribution in [0.4, 0.5) is 4.79 Å². The zero-order chi connectivity index (χ0) is 29.5. The summed E-state index contributed by atoms with van der Waals surface area (Å²) in [5.41, 5.74) is 0.671. The van der Waals surface area contributed by atoms with Gasteiger partial charge in [-0.15, -0.1) is 0 Å². The van der Waals surface area contributed by atoms with E-state index in [1.54, 1.807) is 26.8 Å². The maximum Gasteiger partial charge on any atom is 0.408 e. The Labute approximate surface area is 235 Å². The highest BCUT2D eigenvalue weighted by Gasteiger charge is 2.26. The van der Waals surface area contributed by atoms with Gasteiger partial charge in [-0.2, -0.15) is 0 Å². The lowest BCUT2D eigenvalue weighted by Gasteiger charge is -2.23. The van der Waals surface area contributed by atoms with E-state index in [1.807, 2.05) is 30.3 Å². The lowest BCUT2D eigenvalue weighted by Crippen LogP contribution is -2.49. The number of ether oxygens (including phenoxy) is 4. The Morgan fingerprint density at radius 3 is 2.33 bits per heavy atom. The summed E-state index contributed by atoms with van der Waals surface area (Å²) in [7, 11) is 1.23. The number of alkyl carbamates (subject to hydrolysis) is 1. The van der Waals surface area contributed by atoms with Crippen LogP contribution >= 0.6 is 0 Å². The van der Waals surface area contributed by atoms with Crippen molar-refractivity contribution in [2.75, 3.05) is 20.3 Å². The average molecular weight is 557 g/mol. The zero-order valence-corrected chi connectivity index (χ0v) is 23.9. The molecule has 0 saturated heterocycles. The van der Waals surface area contributed by atoms with Gasteiger partial charge >= 0.3 is 18.0 Å². The largest absolute Gasteiger partial charge is 0.481 e. The number of rotatable bonds is 14. The molecule has 2 amide bonds. The van der Waals surface area contributed by atoms with Crippen LogP contribution in [0.1, 0.15) is 68.4 Å². The first kappa shape index (κ1) is 32.1. The summed E-state index contributed by atoms with van der Waals surface area (Å²) in [5, 5.41) is 5.49. The third-order valence-electron chi connectivity index (χ3n) is 5.58. The van der Waals surface area contributed by atoms with Crippen molar-refractivity contribution in [3.8, 4) is 5.75 Å².